The van der Waals surface area contributed by atoms with Gasteiger partial charge in [0.05, 0.1) is 17.8 Å². The number of hydrogen-bond donors (Lipinski definition) is 3. The number of carbonyl (C=O) groups is 3. The molecule has 3 amide bonds. The Morgan fingerprint density at radius 1 is 1.05 bits per heavy atom. The summed E-state index contributed by atoms with van der Waals surface area (Å²) in [6.45, 7) is 5.44. The molecule has 12 heteroatoms. The van der Waals surface area contributed by atoms with Crippen molar-refractivity contribution in [1.29, 1.82) is 0 Å². The Hall–Kier alpha value is -4.35. The summed E-state index contributed by atoms with van der Waals surface area (Å²) in [6.07, 6.45) is 2.94. The molecule has 3 aromatic carbocycles. The van der Waals surface area contributed by atoms with Crippen molar-refractivity contribution in [3.05, 3.63) is 87.9 Å². The van der Waals surface area contributed by atoms with Crippen molar-refractivity contribution < 1.29 is 28.6 Å². The van der Waals surface area contributed by atoms with Crippen LogP contribution >= 0.6 is 27.5 Å². The lowest BCUT2D eigenvalue weighted by molar-refractivity contribution is -0.136. The van der Waals surface area contributed by atoms with Crippen molar-refractivity contribution in [2.75, 3.05) is 31.0 Å². The summed E-state index contributed by atoms with van der Waals surface area (Å²) in [5.41, 5.74) is 4.43. The van der Waals surface area contributed by atoms with Gasteiger partial charge in [-0.1, -0.05) is 30.3 Å². The average Bonchev–Trinajstić information content (AvgIpc) is 2.94. The van der Waals surface area contributed by atoms with Crippen molar-refractivity contribution >= 4 is 62.8 Å². The molecule has 208 valence electrons. The molecule has 0 fully saturated rings. The third kappa shape index (κ3) is 8.58. The fourth-order valence-electron chi connectivity index (χ4n) is 3.21. The van der Waals surface area contributed by atoms with E-state index in [2.05, 4.69) is 43.7 Å². The molecule has 0 spiro atoms. The second kappa shape index (κ2) is 14.7. The van der Waals surface area contributed by atoms with Crippen LogP contribution in [0.3, 0.4) is 0 Å². The van der Waals surface area contributed by atoms with Gasteiger partial charge in [0.2, 0.25) is 0 Å². The number of hydrogen-bond acceptors (Lipinski definition) is 7. The average molecular weight is 630 g/mol. The number of methoxy groups -OCH3 is 1. The molecule has 0 heterocycles. The molecular formula is C28H26BrClN4O6. The van der Waals surface area contributed by atoms with Crippen LogP contribution in [-0.4, -0.2) is 44.3 Å². The molecule has 3 N–H and O–H groups in total. The summed E-state index contributed by atoms with van der Waals surface area (Å²) >= 11 is 9.50. The van der Waals surface area contributed by atoms with Crippen LogP contribution in [0, 0.1) is 6.92 Å². The van der Waals surface area contributed by atoms with Crippen molar-refractivity contribution in [3.8, 4) is 17.2 Å². The van der Waals surface area contributed by atoms with Crippen molar-refractivity contribution in [3.63, 3.8) is 0 Å². The van der Waals surface area contributed by atoms with Gasteiger partial charge in [-0.3, -0.25) is 14.4 Å². The zero-order chi connectivity index (χ0) is 29.1. The summed E-state index contributed by atoms with van der Waals surface area (Å²) in [6, 6.07) is 14.9. The molecule has 3 rings (SSSR count). The summed E-state index contributed by atoms with van der Waals surface area (Å²) < 4.78 is 16.9. The summed E-state index contributed by atoms with van der Waals surface area (Å²) in [7, 11) is 1.44. The van der Waals surface area contributed by atoms with Crippen LogP contribution in [0.1, 0.15) is 11.1 Å². The first-order valence-electron chi connectivity index (χ1n) is 11.7. The zero-order valence-corrected chi connectivity index (χ0v) is 24.0. The van der Waals surface area contributed by atoms with Gasteiger partial charge in [0.15, 0.2) is 18.1 Å². The molecule has 0 bridgehead atoms. The summed E-state index contributed by atoms with van der Waals surface area (Å²) in [4.78, 5) is 36.7. The minimum absolute atomic E-state index is 0.288. The molecule has 0 unspecified atom stereocenters. The zero-order valence-electron chi connectivity index (χ0n) is 21.6. The molecule has 40 heavy (non-hydrogen) atoms. The second-order valence-corrected chi connectivity index (χ2v) is 9.32. The van der Waals surface area contributed by atoms with E-state index in [1.165, 1.54) is 13.3 Å². The molecule has 0 radical (unpaired) electrons. The predicted molar refractivity (Wildman–Crippen MR) is 158 cm³/mol. The second-order valence-electron chi connectivity index (χ2n) is 8.06. The lowest BCUT2D eigenvalue weighted by Gasteiger charge is -2.14. The first-order valence-corrected chi connectivity index (χ1v) is 12.9. The van der Waals surface area contributed by atoms with Crippen LogP contribution < -0.4 is 30.3 Å². The molecule has 3 aromatic rings. The topological polar surface area (TPSA) is 127 Å². The van der Waals surface area contributed by atoms with Gasteiger partial charge in [-0.15, -0.1) is 0 Å². The number of amides is 3. The van der Waals surface area contributed by atoms with Crippen molar-refractivity contribution in [2.24, 2.45) is 5.10 Å². The molecular weight excluding hydrogens is 604 g/mol. The van der Waals surface area contributed by atoms with Crippen molar-refractivity contribution in [2.45, 2.75) is 6.92 Å². The molecule has 0 atom stereocenters. The number of benzene rings is 3. The maximum atomic E-state index is 12.4. The minimum atomic E-state index is -0.963. The summed E-state index contributed by atoms with van der Waals surface area (Å²) in [5.74, 6) is -1.04. The van der Waals surface area contributed by atoms with Gasteiger partial charge in [0.1, 0.15) is 12.4 Å². The first kappa shape index (κ1) is 30.2. The minimum Gasteiger partial charge on any atom is -0.493 e. The largest absolute Gasteiger partial charge is 0.493 e. The Bertz CT molecular complexity index is 1430. The van der Waals surface area contributed by atoms with E-state index in [1.54, 1.807) is 67.6 Å². The van der Waals surface area contributed by atoms with Gasteiger partial charge in [-0.05, 0) is 82.5 Å². The smallest absolute Gasteiger partial charge is 0.329 e. The number of hydrazone groups is 1. The number of halogens is 2. The Balaban J connectivity index is 1.56. The van der Waals surface area contributed by atoms with Gasteiger partial charge >= 0.3 is 11.8 Å². The standard InChI is InChI=1S/C28H26BrClN4O6/c1-4-12-39-20-10-8-19(9-11-20)32-27(36)28(37)34-31-15-18-13-21(29)26(24(14-18)38-3)40-16-25(35)33-23-7-5-6-22(30)17(23)2/h4-11,13-15H,1,12,16H2,2-3H3,(H,32,36)(H,33,35)(H,34,37)/b31-15-. The maximum absolute atomic E-state index is 12.4. The first-order chi connectivity index (χ1) is 19.2. The Kier molecular flexibility index (Phi) is 11.1. The molecule has 0 aliphatic rings. The molecule has 0 saturated carbocycles. The third-order valence-electron chi connectivity index (χ3n) is 5.21. The molecule has 0 aliphatic heterocycles. The van der Waals surface area contributed by atoms with E-state index in [9.17, 15) is 14.4 Å². The van der Waals surface area contributed by atoms with E-state index < -0.39 is 11.8 Å². The van der Waals surface area contributed by atoms with Gasteiger partial charge in [-0.2, -0.15) is 5.10 Å². The van der Waals surface area contributed by atoms with Gasteiger partial charge in [0.25, 0.3) is 5.91 Å². The van der Waals surface area contributed by atoms with E-state index in [4.69, 9.17) is 25.8 Å². The number of carbonyl (C=O) groups excluding carboxylic acids is 3. The third-order valence-corrected chi connectivity index (χ3v) is 6.21. The molecule has 0 aliphatic carbocycles. The Morgan fingerprint density at radius 3 is 2.50 bits per heavy atom. The van der Waals surface area contributed by atoms with Crippen LogP contribution in [0.4, 0.5) is 11.4 Å². The lowest BCUT2D eigenvalue weighted by Crippen LogP contribution is -2.32. The van der Waals surface area contributed by atoms with Crippen molar-refractivity contribution in [1.82, 2.24) is 5.43 Å². The van der Waals surface area contributed by atoms with Crippen LogP contribution in [0.15, 0.2) is 76.8 Å². The number of rotatable bonds is 11. The van der Waals surface area contributed by atoms with E-state index in [0.29, 0.717) is 50.3 Å². The van der Waals surface area contributed by atoms with Crippen LogP contribution in [0.2, 0.25) is 5.02 Å². The highest BCUT2D eigenvalue weighted by Crippen LogP contribution is 2.36. The van der Waals surface area contributed by atoms with E-state index in [1.807, 2.05) is 0 Å². The van der Waals surface area contributed by atoms with E-state index >= 15 is 0 Å². The molecule has 10 nitrogen and oxygen atoms in total. The van der Waals surface area contributed by atoms with Gasteiger partial charge in [0, 0.05) is 16.4 Å². The van der Waals surface area contributed by atoms with E-state index in [0.717, 1.165) is 5.56 Å². The van der Waals surface area contributed by atoms with Crippen LogP contribution in [0.5, 0.6) is 17.2 Å². The van der Waals surface area contributed by atoms with Crippen LogP contribution in [0.25, 0.3) is 0 Å². The molecule has 0 aromatic heterocycles. The SMILES string of the molecule is C=CCOc1ccc(NC(=O)C(=O)N/N=C\c2cc(Br)c(OCC(=O)Nc3cccc(Cl)c3C)c(OC)c2)cc1. The highest BCUT2D eigenvalue weighted by Gasteiger charge is 2.15. The number of nitrogens with one attached hydrogen (secondary N) is 3. The Morgan fingerprint density at radius 2 is 1.80 bits per heavy atom. The number of anilines is 2. The normalized spacial score (nSPS) is 10.5. The van der Waals surface area contributed by atoms with E-state index in [-0.39, 0.29) is 12.5 Å². The van der Waals surface area contributed by atoms with Gasteiger partial charge in [-0.25, -0.2) is 5.43 Å². The molecule has 0 saturated heterocycles. The summed E-state index contributed by atoms with van der Waals surface area (Å²) in [5, 5.41) is 9.59. The maximum Gasteiger partial charge on any atom is 0.329 e. The highest BCUT2D eigenvalue weighted by molar-refractivity contribution is 9.10. The monoisotopic (exact) mass is 628 g/mol. The van der Waals surface area contributed by atoms with Crippen LogP contribution in [-0.2, 0) is 14.4 Å². The fourth-order valence-corrected chi connectivity index (χ4v) is 3.96. The quantitative estimate of drug-likeness (QED) is 0.117. The highest BCUT2D eigenvalue weighted by atomic mass is 79.9. The Labute approximate surface area is 244 Å². The number of nitrogens with zero attached hydrogens (tertiary/aromatic N) is 1. The van der Waals surface area contributed by atoms with Gasteiger partial charge < -0.3 is 24.8 Å². The fraction of sp³-hybridized carbons (Fsp3) is 0.143. The predicted octanol–water partition coefficient (Wildman–Crippen LogP) is 5.09. The lowest BCUT2D eigenvalue weighted by atomic mass is 10.2. The number of ether oxygens (including phenoxy) is 3.